The van der Waals surface area contributed by atoms with Crippen molar-refractivity contribution in [2.75, 3.05) is 20.2 Å². The molecule has 2 saturated heterocycles. The number of halogens is 4. The van der Waals surface area contributed by atoms with Crippen molar-refractivity contribution in [1.82, 2.24) is 20.0 Å². The Morgan fingerprint density at radius 2 is 1.81 bits per heavy atom. The molecule has 3 heterocycles. The fraction of sp³-hybridized carbons (Fsp3) is 0.406. The second-order valence-corrected chi connectivity index (χ2v) is 13.7. The van der Waals surface area contributed by atoms with E-state index in [-0.39, 0.29) is 53.4 Å². The number of aromatic amines is 1. The molecule has 1 aromatic heterocycles. The van der Waals surface area contributed by atoms with Crippen molar-refractivity contribution >= 4 is 63.0 Å². The number of hydrogen-bond acceptors (Lipinski definition) is 8. The van der Waals surface area contributed by atoms with Crippen LogP contribution in [0.15, 0.2) is 47.5 Å². The largest absolute Gasteiger partial charge is 0.467 e. The summed E-state index contributed by atoms with van der Waals surface area (Å²) in [4.78, 5) is 55.8. The number of alkyl halides is 3. The molecule has 0 saturated carbocycles. The van der Waals surface area contributed by atoms with E-state index in [2.05, 4.69) is 10.2 Å². The SMILES string of the molecule is COC(=O)C(C1CCN(C(=O)OC(C)(C)C)CC1)N1C(=O)S/C(=C(/Cc2ccc(Cl)cc2C(F)(F)F)c2ccc3[nH]ncc3c2)C1=O. The summed E-state index contributed by atoms with van der Waals surface area (Å²) in [7, 11) is 1.14. The number of piperidine rings is 1. The van der Waals surface area contributed by atoms with Crippen LogP contribution in [0.1, 0.15) is 50.3 Å². The molecular weight excluding hydrogens is 661 g/mol. The number of carbonyl (C=O) groups is 4. The Balaban J connectivity index is 1.53. The summed E-state index contributed by atoms with van der Waals surface area (Å²) < 4.78 is 52.8. The Bertz CT molecular complexity index is 1760. The van der Waals surface area contributed by atoms with Gasteiger partial charge in [-0.15, -0.1) is 0 Å². The van der Waals surface area contributed by atoms with Gasteiger partial charge in [0.05, 0.1) is 29.3 Å². The van der Waals surface area contributed by atoms with Crippen LogP contribution < -0.4 is 0 Å². The number of likely N-dealkylation sites (tertiary alicyclic amines) is 1. The first-order chi connectivity index (χ1) is 22.1. The third-order valence-corrected chi connectivity index (χ3v) is 9.20. The Kier molecular flexibility index (Phi) is 9.65. The lowest BCUT2D eigenvalue weighted by Crippen LogP contribution is -2.52. The average Bonchev–Trinajstić information content (AvgIpc) is 3.59. The van der Waals surface area contributed by atoms with E-state index >= 15 is 0 Å². The molecule has 0 bridgehead atoms. The Morgan fingerprint density at radius 1 is 1.11 bits per heavy atom. The normalized spacial score (nSPS) is 18.1. The Labute approximate surface area is 277 Å². The minimum Gasteiger partial charge on any atom is -0.467 e. The van der Waals surface area contributed by atoms with Crippen LogP contribution in [0.3, 0.4) is 0 Å². The first-order valence-corrected chi connectivity index (χ1v) is 15.9. The van der Waals surface area contributed by atoms with Crippen LogP contribution >= 0.6 is 23.4 Å². The van der Waals surface area contributed by atoms with E-state index in [4.69, 9.17) is 21.1 Å². The molecule has 0 spiro atoms. The van der Waals surface area contributed by atoms with Crippen LogP contribution in [0.2, 0.25) is 5.02 Å². The molecule has 3 amide bonds. The summed E-state index contributed by atoms with van der Waals surface area (Å²) >= 11 is 6.47. The predicted molar refractivity (Wildman–Crippen MR) is 169 cm³/mol. The van der Waals surface area contributed by atoms with Gasteiger partial charge in [0, 0.05) is 23.5 Å². The van der Waals surface area contributed by atoms with E-state index in [1.165, 1.54) is 23.2 Å². The number of rotatable bonds is 6. The molecule has 3 aromatic rings. The summed E-state index contributed by atoms with van der Waals surface area (Å²) in [5.41, 5.74) is -0.621. The first-order valence-electron chi connectivity index (χ1n) is 14.7. The Morgan fingerprint density at radius 3 is 2.45 bits per heavy atom. The third-order valence-electron chi connectivity index (χ3n) is 7.97. The number of methoxy groups -OCH3 is 1. The molecule has 2 aromatic carbocycles. The molecule has 1 N–H and O–H groups in total. The summed E-state index contributed by atoms with van der Waals surface area (Å²) in [6.45, 7) is 5.67. The molecular formula is C32H32ClF3N4O6S. The van der Waals surface area contributed by atoms with Gasteiger partial charge in [-0.2, -0.15) is 18.3 Å². The van der Waals surface area contributed by atoms with Gasteiger partial charge in [-0.25, -0.2) is 9.59 Å². The third kappa shape index (κ3) is 7.43. The van der Waals surface area contributed by atoms with Gasteiger partial charge in [-0.1, -0.05) is 23.7 Å². The van der Waals surface area contributed by atoms with Crippen molar-refractivity contribution in [3.8, 4) is 0 Å². The number of carbonyl (C=O) groups excluding carboxylic acids is 4. The fourth-order valence-corrected chi connectivity index (χ4v) is 6.90. The van der Waals surface area contributed by atoms with E-state index in [0.29, 0.717) is 28.2 Å². The van der Waals surface area contributed by atoms with Gasteiger partial charge < -0.3 is 14.4 Å². The highest BCUT2D eigenvalue weighted by Gasteiger charge is 2.49. The highest BCUT2D eigenvalue weighted by atomic mass is 35.5. The summed E-state index contributed by atoms with van der Waals surface area (Å²) in [5.74, 6) is -2.19. The number of amides is 3. The van der Waals surface area contributed by atoms with Crippen molar-refractivity contribution in [3.05, 3.63) is 69.2 Å². The van der Waals surface area contributed by atoms with Gasteiger partial charge in [0.25, 0.3) is 11.1 Å². The van der Waals surface area contributed by atoms with Gasteiger partial charge >= 0.3 is 18.2 Å². The van der Waals surface area contributed by atoms with Gasteiger partial charge in [-0.05, 0) is 98.7 Å². The highest BCUT2D eigenvalue weighted by Crippen LogP contribution is 2.43. The average molecular weight is 693 g/mol. The molecule has 0 radical (unpaired) electrons. The minimum absolute atomic E-state index is 0.110. The number of hydrogen-bond donors (Lipinski definition) is 1. The number of fused-ring (bicyclic) bond motifs is 1. The topological polar surface area (TPSA) is 122 Å². The zero-order valence-corrected chi connectivity index (χ0v) is 27.5. The summed E-state index contributed by atoms with van der Waals surface area (Å²) in [5, 5.41) is 6.56. The summed E-state index contributed by atoms with van der Waals surface area (Å²) in [6, 6.07) is 7.02. The van der Waals surface area contributed by atoms with Crippen LogP contribution in [0, 0.1) is 5.92 Å². The maximum Gasteiger partial charge on any atom is 0.416 e. The monoisotopic (exact) mass is 692 g/mol. The van der Waals surface area contributed by atoms with Crippen molar-refractivity contribution < 1.29 is 41.8 Å². The van der Waals surface area contributed by atoms with Crippen LogP contribution in [0.5, 0.6) is 0 Å². The number of thioether (sulfide) groups is 1. The number of nitrogens with one attached hydrogen (secondary N) is 1. The number of aromatic nitrogens is 2. The van der Waals surface area contributed by atoms with E-state index in [1.807, 2.05) is 0 Å². The van der Waals surface area contributed by atoms with Crippen molar-refractivity contribution in [2.45, 2.75) is 57.9 Å². The van der Waals surface area contributed by atoms with Crippen LogP contribution in [-0.4, -0.2) is 75.0 Å². The molecule has 10 nitrogen and oxygen atoms in total. The van der Waals surface area contributed by atoms with Gasteiger partial charge in [0.15, 0.2) is 0 Å². The van der Waals surface area contributed by atoms with E-state index < -0.39 is 52.5 Å². The maximum atomic E-state index is 14.2. The zero-order valence-electron chi connectivity index (χ0n) is 25.9. The molecule has 2 aliphatic heterocycles. The molecule has 47 heavy (non-hydrogen) atoms. The van der Waals surface area contributed by atoms with Gasteiger partial charge in [0.2, 0.25) is 0 Å². The maximum absolute atomic E-state index is 14.2. The van der Waals surface area contributed by atoms with Crippen molar-refractivity contribution in [3.63, 3.8) is 0 Å². The quantitative estimate of drug-likeness (QED) is 0.215. The lowest BCUT2D eigenvalue weighted by atomic mass is 9.88. The van der Waals surface area contributed by atoms with Gasteiger partial charge in [-0.3, -0.25) is 19.6 Å². The second kappa shape index (κ2) is 13.2. The predicted octanol–water partition coefficient (Wildman–Crippen LogP) is 7.07. The van der Waals surface area contributed by atoms with E-state index in [9.17, 15) is 32.3 Å². The van der Waals surface area contributed by atoms with Crippen LogP contribution in [-0.2, 0) is 31.7 Å². The number of nitrogens with zero attached hydrogens (tertiary/aromatic N) is 3. The molecule has 2 aliphatic rings. The molecule has 2 fully saturated rings. The first kappa shape index (κ1) is 34.3. The number of ether oxygens (including phenoxy) is 2. The van der Waals surface area contributed by atoms with Gasteiger partial charge in [0.1, 0.15) is 11.6 Å². The second-order valence-electron chi connectivity index (χ2n) is 12.3. The molecule has 1 atom stereocenters. The fourth-order valence-electron chi connectivity index (χ4n) is 5.76. The number of benzene rings is 2. The molecule has 15 heteroatoms. The lowest BCUT2D eigenvalue weighted by Gasteiger charge is -2.37. The molecule has 5 rings (SSSR count). The molecule has 0 aliphatic carbocycles. The molecule has 1 unspecified atom stereocenters. The van der Waals surface area contributed by atoms with Crippen LogP contribution in [0.4, 0.5) is 22.8 Å². The van der Waals surface area contributed by atoms with E-state index in [0.717, 1.165) is 18.1 Å². The number of esters is 1. The summed E-state index contributed by atoms with van der Waals surface area (Å²) in [6.07, 6.45) is -3.57. The number of H-pyrrole nitrogens is 1. The van der Waals surface area contributed by atoms with Crippen LogP contribution in [0.25, 0.3) is 16.5 Å². The standard InChI is InChI=1S/C32H32ClF3N4O6S/c1-31(2,3)46-29(43)39-11-9-17(10-12-39)25(28(42)45-4)40-27(41)26(47-30(40)44)22(18-6-8-24-20(13-18)16-37-38-24)14-19-5-7-21(33)15-23(19)32(34,35)36/h5-8,13,15-17,25H,9-12,14H2,1-4H3,(H,37,38)/b26-22-. The molecule has 250 valence electrons. The zero-order chi connectivity index (χ0) is 34.3. The smallest absolute Gasteiger partial charge is 0.416 e. The number of imide groups is 1. The number of allylic oxidation sites excluding steroid dienone is 1. The van der Waals surface area contributed by atoms with E-state index in [1.54, 1.807) is 39.0 Å². The minimum atomic E-state index is -4.75. The highest BCUT2D eigenvalue weighted by molar-refractivity contribution is 8.18. The Hall–Kier alpha value is -4.04. The van der Waals surface area contributed by atoms with Crippen molar-refractivity contribution in [2.24, 2.45) is 5.92 Å². The van der Waals surface area contributed by atoms with Crippen molar-refractivity contribution in [1.29, 1.82) is 0 Å². The lowest BCUT2D eigenvalue weighted by molar-refractivity contribution is -0.151.